The Labute approximate surface area is 69.7 Å². The zero-order valence-corrected chi connectivity index (χ0v) is 6.88. The minimum absolute atomic E-state index is 0.0116. The first-order valence-corrected chi connectivity index (χ1v) is 4.81. The molecule has 3 nitrogen and oxygen atoms in total. The first kappa shape index (κ1) is 7.52. The molecular weight excluding hydrogens is 176 g/mol. The molecule has 0 spiro atoms. The maximum atomic E-state index is 10.8. The van der Waals surface area contributed by atoms with E-state index < -0.39 is 10.1 Å². The predicted molar refractivity (Wildman–Crippen MR) is 44.9 cm³/mol. The van der Waals surface area contributed by atoms with Gasteiger partial charge in [-0.25, -0.2) is 0 Å². The molecule has 2 bridgehead atoms. The van der Waals surface area contributed by atoms with Crippen LogP contribution in [0.15, 0.2) is 35.2 Å². The number of benzene rings is 3. The van der Waals surface area contributed by atoms with Gasteiger partial charge in [0.2, 0.25) is 0 Å². The van der Waals surface area contributed by atoms with Gasteiger partial charge in [-0.1, -0.05) is 24.3 Å². The van der Waals surface area contributed by atoms with Crippen molar-refractivity contribution >= 4 is 20.9 Å². The number of hydrogen-bond donors (Lipinski definition) is 1. The normalized spacial score (nSPS) is 12.4. The lowest BCUT2D eigenvalue weighted by atomic mass is 10.1. The fourth-order valence-electron chi connectivity index (χ4n) is 1.20. The lowest BCUT2D eigenvalue weighted by molar-refractivity contribution is 0.484. The molecule has 0 saturated heterocycles. The summed E-state index contributed by atoms with van der Waals surface area (Å²) in [7, 11) is -4.06. The van der Waals surface area contributed by atoms with Crippen LogP contribution in [0.25, 0.3) is 10.8 Å². The molecule has 3 rings (SSSR count). The Hall–Kier alpha value is -1.13. The van der Waals surface area contributed by atoms with Crippen molar-refractivity contribution in [3.8, 4) is 0 Å². The second kappa shape index (κ2) is 2.18. The van der Waals surface area contributed by atoms with Crippen LogP contribution in [0.4, 0.5) is 0 Å². The Bertz CT molecular complexity index is 481. The van der Waals surface area contributed by atoms with Gasteiger partial charge in [0.1, 0.15) is 4.90 Å². The Balaban J connectivity index is 2.87. The summed E-state index contributed by atoms with van der Waals surface area (Å²) >= 11 is 0. The summed E-state index contributed by atoms with van der Waals surface area (Å²) in [6.07, 6.45) is 0. The number of hydrogen-bond acceptors (Lipinski definition) is 2. The lowest BCUT2D eigenvalue weighted by Crippen LogP contribution is -1.99. The fraction of sp³-hybridized carbons (Fsp3) is 0. The van der Waals surface area contributed by atoms with Gasteiger partial charge >= 0.3 is 0 Å². The molecule has 0 amide bonds. The van der Waals surface area contributed by atoms with Crippen LogP contribution < -0.4 is 0 Å². The highest BCUT2D eigenvalue weighted by molar-refractivity contribution is 7.86. The quantitative estimate of drug-likeness (QED) is 0.680. The SMILES string of the molecule is O=S(=O)(O)c1cc2ccc1cc2. The monoisotopic (exact) mass is 182 g/mol. The lowest BCUT2D eigenvalue weighted by Gasteiger charge is -2.03. The van der Waals surface area contributed by atoms with Crippen LogP contribution in [0.2, 0.25) is 0 Å². The standard InChI is InChI=1S/C8H6O3S/c9-12(10,11)8-5-6-1-3-7(8)4-2-6/h1-5H,(H,9,10,11). The third kappa shape index (κ3) is 1.05. The molecule has 62 valence electrons. The first-order valence-electron chi connectivity index (χ1n) is 3.37. The number of rotatable bonds is 1. The van der Waals surface area contributed by atoms with Crippen molar-refractivity contribution in [3.05, 3.63) is 30.3 Å². The molecule has 3 aromatic carbocycles. The zero-order valence-electron chi connectivity index (χ0n) is 6.06. The van der Waals surface area contributed by atoms with Gasteiger partial charge in [0, 0.05) is 0 Å². The van der Waals surface area contributed by atoms with Crippen LogP contribution >= 0.6 is 0 Å². The molecule has 0 aliphatic rings. The molecule has 3 aromatic rings. The highest BCUT2D eigenvalue weighted by atomic mass is 32.2. The van der Waals surface area contributed by atoms with Gasteiger partial charge in [-0.15, -0.1) is 0 Å². The first-order chi connectivity index (χ1) is 5.57. The van der Waals surface area contributed by atoms with Crippen LogP contribution in [0.1, 0.15) is 0 Å². The summed E-state index contributed by atoms with van der Waals surface area (Å²) in [5.41, 5.74) is 0. The summed E-state index contributed by atoms with van der Waals surface area (Å²) in [5.74, 6) is 0. The average Bonchev–Trinajstić information content (AvgIpc) is 2.05. The van der Waals surface area contributed by atoms with Gasteiger partial charge < -0.3 is 0 Å². The van der Waals surface area contributed by atoms with E-state index >= 15 is 0 Å². The van der Waals surface area contributed by atoms with E-state index in [4.69, 9.17) is 4.55 Å². The van der Waals surface area contributed by atoms with Crippen LogP contribution in [0.5, 0.6) is 0 Å². The van der Waals surface area contributed by atoms with Gasteiger partial charge in [0.25, 0.3) is 10.1 Å². The molecule has 0 radical (unpaired) electrons. The van der Waals surface area contributed by atoms with E-state index in [9.17, 15) is 8.42 Å². The molecule has 0 unspecified atom stereocenters. The average molecular weight is 182 g/mol. The molecule has 4 heteroatoms. The van der Waals surface area contributed by atoms with Gasteiger partial charge in [0.15, 0.2) is 0 Å². The third-order valence-corrected chi connectivity index (χ3v) is 2.68. The minimum atomic E-state index is -4.06. The molecule has 0 atom stereocenters. The van der Waals surface area contributed by atoms with E-state index in [0.717, 1.165) is 5.39 Å². The molecular formula is C8H6O3S. The van der Waals surface area contributed by atoms with Crippen molar-refractivity contribution in [2.24, 2.45) is 0 Å². The van der Waals surface area contributed by atoms with Crippen molar-refractivity contribution in [2.45, 2.75) is 4.90 Å². The Kier molecular flexibility index (Phi) is 1.37. The van der Waals surface area contributed by atoms with Crippen molar-refractivity contribution in [1.29, 1.82) is 0 Å². The molecule has 0 heterocycles. The van der Waals surface area contributed by atoms with Crippen LogP contribution in [-0.2, 0) is 10.1 Å². The van der Waals surface area contributed by atoms with E-state index in [1.807, 2.05) is 0 Å². The second-order valence-electron chi connectivity index (χ2n) is 2.61. The molecule has 0 fully saturated rings. The zero-order chi connectivity index (χ0) is 8.77. The Morgan fingerprint density at radius 1 is 1.08 bits per heavy atom. The molecule has 0 saturated carbocycles. The smallest absolute Gasteiger partial charge is 0.282 e. The van der Waals surface area contributed by atoms with Crippen molar-refractivity contribution < 1.29 is 13.0 Å². The maximum absolute atomic E-state index is 10.8. The van der Waals surface area contributed by atoms with Crippen molar-refractivity contribution in [2.75, 3.05) is 0 Å². The van der Waals surface area contributed by atoms with Gasteiger partial charge in [0.05, 0.1) is 0 Å². The van der Waals surface area contributed by atoms with Crippen molar-refractivity contribution in [3.63, 3.8) is 0 Å². The number of fused-ring (bicyclic) bond motifs is 3. The second-order valence-corrected chi connectivity index (χ2v) is 4.00. The largest absolute Gasteiger partial charge is 0.295 e. The van der Waals surface area contributed by atoms with E-state index in [1.165, 1.54) is 6.07 Å². The highest BCUT2D eigenvalue weighted by Gasteiger charge is 2.12. The third-order valence-electron chi connectivity index (χ3n) is 1.77. The van der Waals surface area contributed by atoms with Gasteiger partial charge in [-0.05, 0) is 16.8 Å². The summed E-state index contributed by atoms with van der Waals surface area (Å²) < 4.78 is 30.3. The van der Waals surface area contributed by atoms with Crippen molar-refractivity contribution in [1.82, 2.24) is 0 Å². The van der Waals surface area contributed by atoms with E-state index in [-0.39, 0.29) is 4.90 Å². The van der Waals surface area contributed by atoms with Crippen LogP contribution in [0.3, 0.4) is 0 Å². The van der Waals surface area contributed by atoms with Gasteiger partial charge in [-0.3, -0.25) is 4.55 Å². The summed E-state index contributed by atoms with van der Waals surface area (Å²) in [6.45, 7) is 0. The minimum Gasteiger partial charge on any atom is -0.282 e. The Morgan fingerprint density at radius 3 is 1.92 bits per heavy atom. The molecule has 12 heavy (non-hydrogen) atoms. The van der Waals surface area contributed by atoms with E-state index in [0.29, 0.717) is 5.39 Å². The fourth-order valence-corrected chi connectivity index (χ4v) is 1.92. The summed E-state index contributed by atoms with van der Waals surface area (Å²) in [5, 5.41) is 1.32. The molecule has 0 aromatic heterocycles. The maximum Gasteiger partial charge on any atom is 0.295 e. The summed E-state index contributed by atoms with van der Waals surface area (Å²) in [4.78, 5) is -0.0116. The molecule has 0 aliphatic carbocycles. The van der Waals surface area contributed by atoms with E-state index in [1.54, 1.807) is 24.3 Å². The topological polar surface area (TPSA) is 54.4 Å². The molecule has 1 N–H and O–H groups in total. The molecule has 0 aliphatic heterocycles. The Morgan fingerprint density at radius 2 is 1.67 bits per heavy atom. The summed E-state index contributed by atoms with van der Waals surface area (Å²) in [6, 6.07) is 8.37. The predicted octanol–water partition coefficient (Wildman–Crippen LogP) is 1.52. The highest BCUT2D eigenvalue weighted by Crippen LogP contribution is 2.22. The van der Waals surface area contributed by atoms with Gasteiger partial charge in [-0.2, -0.15) is 8.42 Å². The van der Waals surface area contributed by atoms with Crippen LogP contribution in [0, 0.1) is 0 Å². The van der Waals surface area contributed by atoms with E-state index in [2.05, 4.69) is 0 Å². The van der Waals surface area contributed by atoms with Crippen LogP contribution in [-0.4, -0.2) is 13.0 Å².